The van der Waals surface area contributed by atoms with E-state index in [2.05, 4.69) is 44.9 Å². The second-order valence-electron chi connectivity index (χ2n) is 13.8. The van der Waals surface area contributed by atoms with Crippen molar-refractivity contribution in [3.63, 3.8) is 0 Å². The van der Waals surface area contributed by atoms with Gasteiger partial charge in [-0.25, -0.2) is 0 Å². The number of allylic oxidation sites excluding steroid dienone is 1. The number of hydrogen-bond donors (Lipinski definition) is 2. The molecule has 1 atom stereocenters. The summed E-state index contributed by atoms with van der Waals surface area (Å²) in [5, 5.41) is 7.08. The number of carbonyl (C=O) groups is 2. The number of benzene rings is 1. The van der Waals surface area contributed by atoms with Gasteiger partial charge in [0.05, 0.1) is 18.8 Å². The third kappa shape index (κ3) is 12.6. The predicted molar refractivity (Wildman–Crippen MR) is 188 cm³/mol. The molecule has 0 spiro atoms. The first-order valence-electron chi connectivity index (χ1n) is 18.3. The largest absolute Gasteiger partial charge is 0.493 e. The fourth-order valence-electron chi connectivity index (χ4n) is 6.25. The topological polar surface area (TPSA) is 89.1 Å². The minimum Gasteiger partial charge on any atom is -0.493 e. The van der Waals surface area contributed by atoms with Crippen molar-refractivity contribution in [3.05, 3.63) is 29.8 Å². The number of likely N-dealkylation sites (tertiary alicyclic amines) is 1. The van der Waals surface area contributed by atoms with Gasteiger partial charge in [0.1, 0.15) is 23.6 Å². The average molecular weight is 642 g/mol. The Balaban J connectivity index is 1.46. The van der Waals surface area contributed by atoms with Crippen LogP contribution in [0.3, 0.4) is 0 Å². The van der Waals surface area contributed by atoms with Crippen molar-refractivity contribution in [2.24, 2.45) is 11.8 Å². The van der Waals surface area contributed by atoms with Gasteiger partial charge < -0.3 is 29.7 Å². The molecule has 0 unspecified atom stereocenters. The van der Waals surface area contributed by atoms with E-state index in [0.717, 1.165) is 127 Å². The van der Waals surface area contributed by atoms with Gasteiger partial charge in [-0.15, -0.1) is 0 Å². The van der Waals surface area contributed by atoms with Gasteiger partial charge in [-0.3, -0.25) is 9.59 Å². The predicted octanol–water partition coefficient (Wildman–Crippen LogP) is 7.40. The Morgan fingerprint density at radius 2 is 1.54 bits per heavy atom. The molecular weight excluding hydrogens is 578 g/mol. The lowest BCUT2D eigenvalue weighted by molar-refractivity contribution is -0.151. The van der Waals surface area contributed by atoms with E-state index in [-0.39, 0.29) is 24.0 Å². The van der Waals surface area contributed by atoms with Crippen molar-refractivity contribution >= 4 is 17.4 Å². The molecule has 0 bridgehead atoms. The average Bonchev–Trinajstić information content (AvgIpc) is 3.55. The van der Waals surface area contributed by atoms with Crippen molar-refractivity contribution in [3.8, 4) is 11.5 Å². The summed E-state index contributed by atoms with van der Waals surface area (Å²) >= 11 is 0. The highest BCUT2D eigenvalue weighted by atomic mass is 16.5. The first-order valence-corrected chi connectivity index (χ1v) is 18.3. The Hall–Kier alpha value is -2.58. The zero-order valence-corrected chi connectivity index (χ0v) is 29.6. The van der Waals surface area contributed by atoms with Crippen molar-refractivity contribution in [1.29, 1.82) is 0 Å². The molecule has 3 rings (SSSR count). The molecule has 8 nitrogen and oxygen atoms in total. The second kappa shape index (κ2) is 20.6. The Bertz CT molecular complexity index is 1080. The van der Waals surface area contributed by atoms with Gasteiger partial charge in [0, 0.05) is 24.7 Å². The standard InChI is InChI=1S/C38H63N3O5/c1-7-9-22-44-35-26-36(45-23-10-8-2)33(25-32(35)29(5)6)37(42)41-20-16-30(17-21-41)27-39-18-13-19-40-34(24-28(3)4)38(43)46-31-14-11-12-15-31/h25-26,28,30-31,34,39-40H,5,7-24,27H2,1-4,6H3/t34-/m0/s1. The number of carbonyl (C=O) groups excluding carboxylic acids is 2. The minimum absolute atomic E-state index is 0.0222. The number of esters is 1. The van der Waals surface area contributed by atoms with Crippen LogP contribution in [0.4, 0.5) is 0 Å². The van der Waals surface area contributed by atoms with Crippen LogP contribution in [0.5, 0.6) is 11.5 Å². The van der Waals surface area contributed by atoms with Gasteiger partial charge in [0.25, 0.3) is 5.91 Å². The lowest BCUT2D eigenvalue weighted by Gasteiger charge is -2.33. The molecule has 1 aliphatic carbocycles. The normalized spacial score (nSPS) is 16.5. The Labute approximate surface area is 279 Å². The quantitative estimate of drug-likeness (QED) is 0.107. The maximum atomic E-state index is 13.8. The van der Waals surface area contributed by atoms with Crippen LogP contribution in [0.15, 0.2) is 18.7 Å². The number of hydrogen-bond acceptors (Lipinski definition) is 7. The van der Waals surface area contributed by atoms with Gasteiger partial charge in [-0.05, 0) is 114 Å². The third-order valence-electron chi connectivity index (χ3n) is 9.12. The van der Waals surface area contributed by atoms with Crippen molar-refractivity contribution < 1.29 is 23.8 Å². The van der Waals surface area contributed by atoms with E-state index in [0.29, 0.717) is 36.4 Å². The van der Waals surface area contributed by atoms with Crippen molar-refractivity contribution in [2.45, 2.75) is 124 Å². The maximum absolute atomic E-state index is 13.8. The summed E-state index contributed by atoms with van der Waals surface area (Å²) < 4.78 is 18.1. The summed E-state index contributed by atoms with van der Waals surface area (Å²) in [6.45, 7) is 20.0. The number of nitrogens with one attached hydrogen (secondary N) is 2. The number of unbranched alkanes of at least 4 members (excludes halogenated alkanes) is 2. The Morgan fingerprint density at radius 3 is 2.13 bits per heavy atom. The van der Waals surface area contributed by atoms with Crippen LogP contribution in [-0.4, -0.2) is 74.9 Å². The molecule has 1 saturated carbocycles. The zero-order chi connectivity index (χ0) is 33.3. The first-order chi connectivity index (χ1) is 22.2. The van der Waals surface area contributed by atoms with Gasteiger partial charge in [0.15, 0.2) is 0 Å². The summed E-state index contributed by atoms with van der Waals surface area (Å²) in [4.78, 5) is 28.6. The van der Waals surface area contributed by atoms with Crippen molar-refractivity contribution in [1.82, 2.24) is 15.5 Å². The molecule has 8 heteroatoms. The molecule has 1 saturated heterocycles. The first kappa shape index (κ1) is 37.9. The maximum Gasteiger partial charge on any atom is 0.323 e. The highest BCUT2D eigenvalue weighted by molar-refractivity contribution is 5.98. The lowest BCUT2D eigenvalue weighted by Crippen LogP contribution is -2.42. The van der Waals surface area contributed by atoms with Crippen LogP contribution in [0.25, 0.3) is 5.57 Å². The van der Waals surface area contributed by atoms with E-state index in [1.807, 2.05) is 24.0 Å². The molecule has 2 fully saturated rings. The summed E-state index contributed by atoms with van der Waals surface area (Å²) in [7, 11) is 0. The van der Waals surface area contributed by atoms with Gasteiger partial charge in [-0.1, -0.05) is 47.1 Å². The zero-order valence-electron chi connectivity index (χ0n) is 29.6. The van der Waals surface area contributed by atoms with E-state index in [4.69, 9.17) is 14.2 Å². The number of amides is 1. The molecule has 0 aromatic heterocycles. The second-order valence-corrected chi connectivity index (χ2v) is 13.8. The molecule has 260 valence electrons. The summed E-state index contributed by atoms with van der Waals surface area (Å²) in [5.41, 5.74) is 2.35. The van der Waals surface area contributed by atoms with Crippen LogP contribution >= 0.6 is 0 Å². The highest BCUT2D eigenvalue weighted by Gasteiger charge is 2.28. The van der Waals surface area contributed by atoms with E-state index < -0.39 is 0 Å². The minimum atomic E-state index is -0.226. The molecule has 0 radical (unpaired) electrons. The molecule has 1 aromatic rings. The monoisotopic (exact) mass is 641 g/mol. The molecule has 2 aliphatic rings. The van der Waals surface area contributed by atoms with Crippen molar-refractivity contribution in [2.75, 3.05) is 45.9 Å². The van der Waals surface area contributed by atoms with Crippen LogP contribution < -0.4 is 20.1 Å². The number of piperidine rings is 1. The SMILES string of the molecule is C=C(C)c1cc(C(=O)N2CCC(CNCCCN[C@@H](CC(C)C)C(=O)OC3CCCC3)CC2)c(OCCCC)cc1OCCCC. The van der Waals surface area contributed by atoms with Gasteiger partial charge >= 0.3 is 5.97 Å². The van der Waals surface area contributed by atoms with Gasteiger partial charge in [-0.2, -0.15) is 0 Å². The van der Waals surface area contributed by atoms with E-state index in [1.165, 1.54) is 0 Å². The molecule has 1 amide bonds. The lowest BCUT2D eigenvalue weighted by atomic mass is 9.95. The van der Waals surface area contributed by atoms with Crippen LogP contribution in [0, 0.1) is 11.8 Å². The molecular formula is C38H63N3O5. The Kier molecular flexibility index (Phi) is 17.0. The molecule has 1 aliphatic heterocycles. The smallest absolute Gasteiger partial charge is 0.323 e. The number of ether oxygens (including phenoxy) is 3. The summed E-state index contributed by atoms with van der Waals surface area (Å²) in [5.74, 6) is 2.25. The van der Waals surface area contributed by atoms with E-state index in [9.17, 15) is 9.59 Å². The fourth-order valence-corrected chi connectivity index (χ4v) is 6.25. The number of nitrogens with zero attached hydrogens (tertiary/aromatic N) is 1. The van der Waals surface area contributed by atoms with E-state index >= 15 is 0 Å². The highest BCUT2D eigenvalue weighted by Crippen LogP contribution is 2.35. The molecule has 46 heavy (non-hydrogen) atoms. The molecule has 1 aromatic carbocycles. The van der Waals surface area contributed by atoms with E-state index in [1.54, 1.807) is 0 Å². The van der Waals surface area contributed by atoms with Crippen LogP contribution in [-0.2, 0) is 9.53 Å². The van der Waals surface area contributed by atoms with Crippen LogP contribution in [0.2, 0.25) is 0 Å². The summed E-state index contributed by atoms with van der Waals surface area (Å²) in [6.07, 6.45) is 12.1. The number of rotatable bonds is 21. The fraction of sp³-hybridized carbons (Fsp3) is 0.737. The van der Waals surface area contributed by atoms with Gasteiger partial charge in [0.2, 0.25) is 0 Å². The Morgan fingerprint density at radius 1 is 0.913 bits per heavy atom. The summed E-state index contributed by atoms with van der Waals surface area (Å²) in [6, 6.07) is 3.60. The van der Waals surface area contributed by atoms with Crippen LogP contribution in [0.1, 0.15) is 128 Å². The third-order valence-corrected chi connectivity index (χ3v) is 9.12. The molecule has 1 heterocycles. The molecule has 2 N–H and O–H groups in total.